The van der Waals surface area contributed by atoms with Crippen LogP contribution in [0.15, 0.2) is 24.3 Å². The van der Waals surface area contributed by atoms with Gasteiger partial charge in [0.15, 0.2) is 9.84 Å². The molecule has 7 heteroatoms. The monoisotopic (exact) mass is 340 g/mol. The van der Waals surface area contributed by atoms with E-state index in [4.69, 9.17) is 4.74 Å². The lowest BCUT2D eigenvalue weighted by Crippen LogP contribution is -2.40. The lowest BCUT2D eigenvalue weighted by Gasteiger charge is -2.23. The molecule has 0 aromatic heterocycles. The maximum Gasteiger partial charge on any atom is 0.241 e. The van der Waals surface area contributed by atoms with E-state index >= 15 is 0 Å². The fourth-order valence-corrected chi connectivity index (χ4v) is 4.28. The molecule has 1 amide bonds. The van der Waals surface area contributed by atoms with Gasteiger partial charge in [-0.1, -0.05) is 0 Å². The van der Waals surface area contributed by atoms with Crippen molar-refractivity contribution in [3.05, 3.63) is 24.3 Å². The Morgan fingerprint density at radius 2 is 2.00 bits per heavy atom. The molecule has 1 unspecified atom stereocenters. The number of rotatable bonds is 6. The standard InChI is InChI=1S/C16H24N2O4S/c1-12(2)22-15-6-4-13(5-7-15)17-10-16(19)18(3)14-8-9-23(20,21)11-14/h4-7,12,14,17H,8-11H2,1-3H3. The van der Waals surface area contributed by atoms with Gasteiger partial charge in [0, 0.05) is 18.8 Å². The summed E-state index contributed by atoms with van der Waals surface area (Å²) < 4.78 is 28.5. The van der Waals surface area contributed by atoms with Gasteiger partial charge in [-0.2, -0.15) is 0 Å². The Hall–Kier alpha value is -1.76. The molecule has 0 aliphatic carbocycles. The average Bonchev–Trinajstić information content (AvgIpc) is 2.85. The van der Waals surface area contributed by atoms with Crippen LogP contribution in [0.1, 0.15) is 20.3 Å². The third-order valence-electron chi connectivity index (χ3n) is 3.82. The molecular weight excluding hydrogens is 316 g/mol. The highest BCUT2D eigenvalue weighted by Crippen LogP contribution is 2.18. The van der Waals surface area contributed by atoms with Crippen molar-refractivity contribution in [1.29, 1.82) is 0 Å². The largest absolute Gasteiger partial charge is 0.491 e. The topological polar surface area (TPSA) is 75.7 Å². The number of hydrogen-bond donors (Lipinski definition) is 1. The van der Waals surface area contributed by atoms with Crippen LogP contribution in [-0.4, -0.2) is 56.5 Å². The SMILES string of the molecule is CC(C)Oc1ccc(NCC(=O)N(C)C2CCS(=O)(=O)C2)cc1. The zero-order valence-electron chi connectivity index (χ0n) is 13.8. The van der Waals surface area contributed by atoms with Crippen molar-refractivity contribution in [2.24, 2.45) is 0 Å². The van der Waals surface area contributed by atoms with Gasteiger partial charge in [0.2, 0.25) is 5.91 Å². The lowest BCUT2D eigenvalue weighted by atomic mass is 10.2. The number of anilines is 1. The maximum absolute atomic E-state index is 12.2. The molecule has 1 heterocycles. The van der Waals surface area contributed by atoms with E-state index in [1.807, 2.05) is 38.1 Å². The number of nitrogens with one attached hydrogen (secondary N) is 1. The molecule has 1 aromatic carbocycles. The molecule has 1 aliphatic heterocycles. The summed E-state index contributed by atoms with van der Waals surface area (Å²) in [5, 5.41) is 3.05. The summed E-state index contributed by atoms with van der Waals surface area (Å²) in [7, 11) is -1.32. The minimum Gasteiger partial charge on any atom is -0.491 e. The van der Waals surface area contributed by atoms with Crippen molar-refractivity contribution < 1.29 is 17.9 Å². The molecule has 128 valence electrons. The molecule has 0 spiro atoms. The number of sulfone groups is 1. The van der Waals surface area contributed by atoms with Crippen LogP contribution in [0.25, 0.3) is 0 Å². The van der Waals surface area contributed by atoms with Crippen molar-refractivity contribution in [1.82, 2.24) is 4.90 Å². The number of carbonyl (C=O) groups is 1. The predicted octanol–water partition coefficient (Wildman–Crippen LogP) is 1.53. The molecule has 1 N–H and O–H groups in total. The van der Waals surface area contributed by atoms with E-state index in [1.54, 1.807) is 7.05 Å². The molecular formula is C16H24N2O4S. The summed E-state index contributed by atoms with van der Waals surface area (Å²) >= 11 is 0. The smallest absolute Gasteiger partial charge is 0.241 e. The van der Waals surface area contributed by atoms with Crippen LogP contribution in [0.5, 0.6) is 5.75 Å². The summed E-state index contributed by atoms with van der Waals surface area (Å²) in [6, 6.07) is 7.19. The molecule has 1 fully saturated rings. The highest BCUT2D eigenvalue weighted by molar-refractivity contribution is 7.91. The van der Waals surface area contributed by atoms with Crippen LogP contribution in [0, 0.1) is 0 Å². The molecule has 23 heavy (non-hydrogen) atoms. The first-order valence-corrected chi connectivity index (χ1v) is 9.55. The van der Waals surface area contributed by atoms with Gasteiger partial charge in [-0.3, -0.25) is 4.79 Å². The first-order chi connectivity index (χ1) is 10.8. The van der Waals surface area contributed by atoms with Gasteiger partial charge >= 0.3 is 0 Å². The van der Waals surface area contributed by atoms with Crippen LogP contribution in [0.3, 0.4) is 0 Å². The van der Waals surface area contributed by atoms with Gasteiger partial charge in [-0.15, -0.1) is 0 Å². The van der Waals surface area contributed by atoms with Crippen LogP contribution >= 0.6 is 0 Å². The minimum atomic E-state index is -2.98. The summed E-state index contributed by atoms with van der Waals surface area (Å²) in [6.45, 7) is 4.06. The molecule has 6 nitrogen and oxygen atoms in total. The number of likely N-dealkylation sites (N-methyl/N-ethyl adjacent to an activating group) is 1. The second-order valence-corrected chi connectivity index (χ2v) is 8.33. The number of hydrogen-bond acceptors (Lipinski definition) is 5. The van der Waals surface area contributed by atoms with Crippen molar-refractivity contribution >= 4 is 21.4 Å². The highest BCUT2D eigenvalue weighted by atomic mass is 32.2. The fourth-order valence-electron chi connectivity index (χ4n) is 2.51. The molecule has 1 saturated heterocycles. The Labute approximate surface area is 137 Å². The first-order valence-electron chi connectivity index (χ1n) is 7.73. The fraction of sp³-hybridized carbons (Fsp3) is 0.562. The third-order valence-corrected chi connectivity index (χ3v) is 5.57. The molecule has 1 atom stereocenters. The lowest BCUT2D eigenvalue weighted by molar-refractivity contribution is -0.129. The summed E-state index contributed by atoms with van der Waals surface area (Å²) in [6.07, 6.45) is 0.637. The number of carbonyl (C=O) groups excluding carboxylic acids is 1. The molecule has 1 aliphatic rings. The van der Waals surface area contributed by atoms with Crippen molar-refractivity contribution in [2.45, 2.75) is 32.4 Å². The van der Waals surface area contributed by atoms with Crippen molar-refractivity contribution in [2.75, 3.05) is 30.4 Å². The second-order valence-electron chi connectivity index (χ2n) is 6.11. The Morgan fingerprint density at radius 1 is 1.35 bits per heavy atom. The molecule has 0 saturated carbocycles. The molecule has 1 aromatic rings. The Balaban J connectivity index is 1.84. The van der Waals surface area contributed by atoms with Crippen LogP contribution in [0.2, 0.25) is 0 Å². The summed E-state index contributed by atoms with van der Waals surface area (Å²) in [5.41, 5.74) is 0.821. The Morgan fingerprint density at radius 3 is 2.52 bits per heavy atom. The number of benzene rings is 1. The zero-order chi connectivity index (χ0) is 17.0. The van der Waals surface area contributed by atoms with Gasteiger partial charge in [0.05, 0.1) is 24.2 Å². The summed E-state index contributed by atoms with van der Waals surface area (Å²) in [4.78, 5) is 13.7. The van der Waals surface area contributed by atoms with E-state index in [2.05, 4.69) is 5.32 Å². The van der Waals surface area contributed by atoms with E-state index in [0.29, 0.717) is 6.42 Å². The van der Waals surface area contributed by atoms with E-state index in [-0.39, 0.29) is 36.1 Å². The van der Waals surface area contributed by atoms with Gasteiger partial charge in [-0.05, 0) is 44.5 Å². The van der Waals surface area contributed by atoms with Gasteiger partial charge in [0.25, 0.3) is 0 Å². The predicted molar refractivity (Wildman–Crippen MR) is 90.5 cm³/mol. The van der Waals surface area contributed by atoms with Gasteiger partial charge in [-0.25, -0.2) is 8.42 Å². The average molecular weight is 340 g/mol. The summed E-state index contributed by atoms with van der Waals surface area (Å²) in [5.74, 6) is 0.899. The second kappa shape index (κ2) is 7.21. The van der Waals surface area contributed by atoms with E-state index in [1.165, 1.54) is 4.90 Å². The number of ether oxygens (including phenoxy) is 1. The minimum absolute atomic E-state index is 0.0660. The van der Waals surface area contributed by atoms with E-state index < -0.39 is 9.84 Å². The first kappa shape index (κ1) is 17.6. The Bertz CT molecular complexity index is 641. The van der Waals surface area contributed by atoms with Crippen LogP contribution in [-0.2, 0) is 14.6 Å². The Kier molecular flexibility index (Phi) is 5.51. The van der Waals surface area contributed by atoms with Gasteiger partial charge in [0.1, 0.15) is 5.75 Å². The molecule has 0 radical (unpaired) electrons. The van der Waals surface area contributed by atoms with Crippen LogP contribution < -0.4 is 10.1 Å². The number of amides is 1. The zero-order valence-corrected chi connectivity index (χ0v) is 14.6. The molecule has 0 bridgehead atoms. The molecule has 2 rings (SSSR count). The van der Waals surface area contributed by atoms with Gasteiger partial charge < -0.3 is 15.0 Å². The normalized spacial score (nSPS) is 19.6. The maximum atomic E-state index is 12.2. The van der Waals surface area contributed by atoms with E-state index in [9.17, 15) is 13.2 Å². The number of nitrogens with zero attached hydrogens (tertiary/aromatic N) is 1. The van der Waals surface area contributed by atoms with Crippen LogP contribution in [0.4, 0.5) is 5.69 Å². The third kappa shape index (κ3) is 5.13. The quantitative estimate of drug-likeness (QED) is 0.850. The van der Waals surface area contributed by atoms with Crippen molar-refractivity contribution in [3.8, 4) is 5.75 Å². The van der Waals surface area contributed by atoms with E-state index in [0.717, 1.165) is 11.4 Å². The highest BCUT2D eigenvalue weighted by Gasteiger charge is 2.32. The van der Waals surface area contributed by atoms with Crippen molar-refractivity contribution in [3.63, 3.8) is 0 Å².